The Morgan fingerprint density at radius 1 is 0.537 bits per heavy atom. The number of anilines is 1. The van der Waals surface area contributed by atoms with Crippen molar-refractivity contribution >= 4 is 33.4 Å². The second-order valence-corrected chi connectivity index (χ2v) is 10.4. The van der Waals surface area contributed by atoms with Gasteiger partial charge in [0.15, 0.2) is 0 Å². The molecule has 0 saturated carbocycles. The molecule has 0 atom stereocenters. The van der Waals surface area contributed by atoms with Crippen LogP contribution in [0.4, 0.5) is 5.69 Å². The minimum Gasteiger partial charge on any atom is -0.309 e. The average molecular weight is 528 g/mol. The van der Waals surface area contributed by atoms with Gasteiger partial charge in [-0.05, 0) is 88.5 Å². The predicted molar refractivity (Wildman–Crippen MR) is 166 cm³/mol. The molecule has 1 aliphatic heterocycles. The van der Waals surface area contributed by atoms with E-state index in [2.05, 4.69) is 82.3 Å². The minimum atomic E-state index is -0.00113. The summed E-state index contributed by atoms with van der Waals surface area (Å²) < 4.78 is 2.33. The van der Waals surface area contributed by atoms with Gasteiger partial charge in [-0.25, -0.2) is 0 Å². The SMILES string of the molecule is O=C1c2cc(-c3ccncc3)ccc2-c2cc3c4ccccc4n(-c4ccccc4)c3cc2CN1c1ccccc1. The van der Waals surface area contributed by atoms with Crippen LogP contribution in [0, 0.1) is 0 Å². The molecule has 8 rings (SSSR count). The van der Waals surface area contributed by atoms with E-state index < -0.39 is 0 Å². The Bertz CT molecular complexity index is 2080. The Labute approximate surface area is 237 Å². The summed E-state index contributed by atoms with van der Waals surface area (Å²) in [6.45, 7) is 0.476. The molecule has 1 aliphatic rings. The molecular formula is C37H25N3O. The molecule has 1 amide bonds. The van der Waals surface area contributed by atoms with Crippen LogP contribution in [0.3, 0.4) is 0 Å². The molecule has 0 spiro atoms. The molecule has 0 radical (unpaired) electrons. The third-order valence-corrected chi connectivity index (χ3v) is 8.11. The molecule has 5 aromatic carbocycles. The van der Waals surface area contributed by atoms with Crippen molar-refractivity contribution in [3.05, 3.63) is 151 Å². The van der Waals surface area contributed by atoms with E-state index in [0.29, 0.717) is 12.1 Å². The predicted octanol–water partition coefficient (Wildman–Crippen LogP) is 8.67. The second-order valence-electron chi connectivity index (χ2n) is 10.4. The molecule has 194 valence electrons. The van der Waals surface area contributed by atoms with Crippen LogP contribution in [0.25, 0.3) is 49.7 Å². The number of hydrogen-bond acceptors (Lipinski definition) is 2. The molecule has 7 aromatic rings. The van der Waals surface area contributed by atoms with E-state index in [4.69, 9.17) is 0 Å². The van der Waals surface area contributed by atoms with Crippen LogP contribution in [-0.2, 0) is 6.54 Å². The highest BCUT2D eigenvalue weighted by Crippen LogP contribution is 2.41. The zero-order chi connectivity index (χ0) is 27.3. The number of aromatic nitrogens is 2. The van der Waals surface area contributed by atoms with Crippen molar-refractivity contribution in [2.24, 2.45) is 0 Å². The quantitative estimate of drug-likeness (QED) is 0.231. The highest BCUT2D eigenvalue weighted by Gasteiger charge is 2.29. The molecule has 0 aliphatic carbocycles. The number of rotatable bonds is 3. The fourth-order valence-electron chi connectivity index (χ4n) is 6.18. The number of carbonyl (C=O) groups excluding carboxylic acids is 1. The highest BCUT2D eigenvalue weighted by atomic mass is 16.2. The zero-order valence-corrected chi connectivity index (χ0v) is 22.2. The average Bonchev–Trinajstić information content (AvgIpc) is 3.31. The standard InChI is InChI=1S/C37H25N3O/c41-37-34-21-26(25-17-19-38-20-18-25)15-16-30(34)32-23-33-31-13-7-8-14-35(31)40(29-11-5-2-6-12-29)36(33)22-27(32)24-39(37)28-9-3-1-4-10-28/h1-23H,24H2. The molecule has 3 heterocycles. The van der Waals surface area contributed by atoms with Crippen LogP contribution in [0.1, 0.15) is 15.9 Å². The summed E-state index contributed by atoms with van der Waals surface area (Å²) in [4.78, 5) is 20.4. The molecule has 4 nitrogen and oxygen atoms in total. The van der Waals surface area contributed by atoms with Gasteiger partial charge in [-0.15, -0.1) is 0 Å². The summed E-state index contributed by atoms with van der Waals surface area (Å²) in [5.74, 6) is -0.00113. The lowest BCUT2D eigenvalue weighted by Crippen LogP contribution is -2.29. The topological polar surface area (TPSA) is 38.1 Å². The largest absolute Gasteiger partial charge is 0.309 e. The number of fused-ring (bicyclic) bond motifs is 6. The van der Waals surface area contributed by atoms with Gasteiger partial charge in [-0.3, -0.25) is 9.78 Å². The molecule has 41 heavy (non-hydrogen) atoms. The maximum atomic E-state index is 14.3. The van der Waals surface area contributed by atoms with Crippen LogP contribution in [0.2, 0.25) is 0 Å². The number of nitrogens with zero attached hydrogens (tertiary/aromatic N) is 3. The maximum Gasteiger partial charge on any atom is 0.259 e. The fourth-order valence-corrected chi connectivity index (χ4v) is 6.18. The van der Waals surface area contributed by atoms with Gasteiger partial charge in [-0.1, -0.05) is 66.7 Å². The molecule has 0 unspecified atom stereocenters. The van der Waals surface area contributed by atoms with Crippen LogP contribution >= 0.6 is 0 Å². The first-order chi connectivity index (χ1) is 20.3. The van der Waals surface area contributed by atoms with Crippen molar-refractivity contribution in [2.45, 2.75) is 6.54 Å². The van der Waals surface area contributed by atoms with Crippen LogP contribution in [0.5, 0.6) is 0 Å². The molecular weight excluding hydrogens is 502 g/mol. The van der Waals surface area contributed by atoms with Crippen molar-refractivity contribution in [3.8, 4) is 27.9 Å². The van der Waals surface area contributed by atoms with E-state index in [1.165, 1.54) is 10.8 Å². The summed E-state index contributed by atoms with van der Waals surface area (Å²) in [7, 11) is 0. The Morgan fingerprint density at radius 2 is 1.24 bits per heavy atom. The Kier molecular flexibility index (Phi) is 5.32. The zero-order valence-electron chi connectivity index (χ0n) is 22.2. The monoisotopic (exact) mass is 527 g/mol. The Hall–Kier alpha value is -5.48. The van der Waals surface area contributed by atoms with E-state index in [-0.39, 0.29) is 5.91 Å². The fraction of sp³-hybridized carbons (Fsp3) is 0.0270. The number of amides is 1. The van der Waals surface area contributed by atoms with Crippen LogP contribution < -0.4 is 4.90 Å². The molecule has 0 fully saturated rings. The molecule has 2 aromatic heterocycles. The Morgan fingerprint density at radius 3 is 2.02 bits per heavy atom. The number of para-hydroxylation sites is 3. The lowest BCUT2D eigenvalue weighted by atomic mass is 9.92. The van der Waals surface area contributed by atoms with Gasteiger partial charge in [0.25, 0.3) is 5.91 Å². The number of benzene rings is 5. The second kappa shape index (κ2) is 9.32. The lowest BCUT2D eigenvalue weighted by molar-refractivity contribution is 0.0986. The minimum absolute atomic E-state index is 0.00113. The third-order valence-electron chi connectivity index (χ3n) is 8.11. The van der Waals surface area contributed by atoms with E-state index in [0.717, 1.165) is 50.2 Å². The summed E-state index contributed by atoms with van der Waals surface area (Å²) in [6.07, 6.45) is 3.57. The van der Waals surface area contributed by atoms with Gasteiger partial charge in [0.05, 0.1) is 17.6 Å². The van der Waals surface area contributed by atoms with Gasteiger partial charge < -0.3 is 9.47 Å². The summed E-state index contributed by atoms with van der Waals surface area (Å²) in [6, 6.07) is 43.8. The number of hydrogen-bond donors (Lipinski definition) is 0. The normalized spacial score (nSPS) is 12.8. The van der Waals surface area contributed by atoms with Crippen molar-refractivity contribution < 1.29 is 4.79 Å². The van der Waals surface area contributed by atoms with Crippen molar-refractivity contribution in [2.75, 3.05) is 4.90 Å². The van der Waals surface area contributed by atoms with E-state index in [1.54, 1.807) is 12.4 Å². The Balaban J connectivity index is 1.43. The first-order valence-corrected chi connectivity index (χ1v) is 13.8. The number of carbonyl (C=O) groups is 1. The van der Waals surface area contributed by atoms with E-state index in [1.807, 2.05) is 59.5 Å². The van der Waals surface area contributed by atoms with E-state index in [9.17, 15) is 4.79 Å². The lowest BCUT2D eigenvalue weighted by Gasteiger charge is -2.22. The molecule has 4 heteroatoms. The van der Waals surface area contributed by atoms with Gasteiger partial charge in [0, 0.05) is 40.1 Å². The van der Waals surface area contributed by atoms with Crippen molar-refractivity contribution in [1.82, 2.24) is 9.55 Å². The third kappa shape index (κ3) is 3.76. The first-order valence-electron chi connectivity index (χ1n) is 13.8. The number of pyridine rings is 1. The van der Waals surface area contributed by atoms with Gasteiger partial charge in [0.2, 0.25) is 0 Å². The summed E-state index contributed by atoms with van der Waals surface area (Å²) >= 11 is 0. The van der Waals surface area contributed by atoms with Gasteiger partial charge in [-0.2, -0.15) is 0 Å². The van der Waals surface area contributed by atoms with Gasteiger partial charge in [0.1, 0.15) is 0 Å². The van der Waals surface area contributed by atoms with Crippen LogP contribution in [0.15, 0.2) is 140 Å². The van der Waals surface area contributed by atoms with Crippen molar-refractivity contribution in [3.63, 3.8) is 0 Å². The molecule has 0 N–H and O–H groups in total. The van der Waals surface area contributed by atoms with E-state index >= 15 is 0 Å². The summed E-state index contributed by atoms with van der Waals surface area (Å²) in [5.41, 5.74) is 10.2. The molecule has 0 saturated heterocycles. The first kappa shape index (κ1) is 23.4. The maximum absolute atomic E-state index is 14.3. The van der Waals surface area contributed by atoms with Crippen molar-refractivity contribution in [1.29, 1.82) is 0 Å². The molecule has 0 bridgehead atoms. The van der Waals surface area contributed by atoms with Gasteiger partial charge >= 0.3 is 0 Å². The smallest absolute Gasteiger partial charge is 0.259 e. The van der Waals surface area contributed by atoms with Crippen LogP contribution in [-0.4, -0.2) is 15.5 Å². The summed E-state index contributed by atoms with van der Waals surface area (Å²) in [5, 5.41) is 2.37. The highest BCUT2D eigenvalue weighted by molar-refractivity contribution is 6.15.